The summed E-state index contributed by atoms with van der Waals surface area (Å²) in [7, 11) is 0. The van der Waals surface area contributed by atoms with Crippen LogP contribution < -0.4 is 0 Å². The Hall–Kier alpha value is -0.590. The fraction of sp³-hybridized carbons (Fsp3) is 0.250. The zero-order valence-electron chi connectivity index (χ0n) is 4.06. The van der Waals surface area contributed by atoms with Crippen molar-refractivity contribution in [2.24, 2.45) is 0 Å². The van der Waals surface area contributed by atoms with Crippen LogP contribution in [0.25, 0.3) is 0 Å². The van der Waals surface area contributed by atoms with Crippen molar-refractivity contribution >= 4 is 6.29 Å². The number of carbonyl (C=O) groups is 1. The van der Waals surface area contributed by atoms with Crippen LogP contribution in [0.3, 0.4) is 0 Å². The molecule has 0 aromatic rings. The zero-order chi connectivity index (χ0) is 4.99. The van der Waals surface area contributed by atoms with Gasteiger partial charge < -0.3 is 0 Å². The molecule has 0 aliphatic heterocycles. The Morgan fingerprint density at radius 1 is 2.00 bits per heavy atom. The molecule has 0 saturated carbocycles. The Labute approximate surface area is 32.7 Å². The van der Waals surface area contributed by atoms with Gasteiger partial charge in [0.05, 0.1) is 1.37 Å². The second-order valence-electron chi connectivity index (χ2n) is 0.573. The first-order valence-corrected chi connectivity index (χ1v) is 1.39. The fourth-order valence-electron chi connectivity index (χ4n) is 0.0680. The lowest BCUT2D eigenvalue weighted by Crippen LogP contribution is -1.50. The molecule has 0 unspecified atom stereocenters. The van der Waals surface area contributed by atoms with E-state index >= 15 is 0 Å². The van der Waals surface area contributed by atoms with E-state index in [1.54, 1.807) is 6.92 Å². The molecule has 0 bridgehead atoms. The average Bonchev–Trinajstić information content (AvgIpc) is 1.65. The standard InChI is InChI=1S/C4H6O/c1-2-3-4-5/h2-4H,1H3/b3-2+/i3D. The fourth-order valence-corrected chi connectivity index (χ4v) is 0.0680. The second-order valence-corrected chi connectivity index (χ2v) is 0.573. The molecule has 0 amide bonds. The maximum Gasteiger partial charge on any atom is 0.142 e. The van der Waals surface area contributed by atoms with Gasteiger partial charge in [-0.05, 0) is 13.0 Å². The molecule has 0 fully saturated rings. The maximum absolute atomic E-state index is 9.48. The molecule has 0 rings (SSSR count). The van der Waals surface area contributed by atoms with Crippen molar-refractivity contribution in [2.45, 2.75) is 6.92 Å². The van der Waals surface area contributed by atoms with Crippen molar-refractivity contribution in [2.75, 3.05) is 0 Å². The first kappa shape index (κ1) is 2.64. The first-order valence-electron chi connectivity index (χ1n) is 1.89. The number of hydrogen-bond donors (Lipinski definition) is 0. The van der Waals surface area contributed by atoms with Gasteiger partial charge >= 0.3 is 0 Å². The van der Waals surface area contributed by atoms with Crippen LogP contribution in [0.15, 0.2) is 12.1 Å². The molecule has 0 aromatic carbocycles. The maximum atomic E-state index is 9.48. The van der Waals surface area contributed by atoms with Gasteiger partial charge in [-0.1, -0.05) is 6.08 Å². The highest BCUT2D eigenvalue weighted by atomic mass is 16.1. The van der Waals surface area contributed by atoms with Gasteiger partial charge in [-0.2, -0.15) is 0 Å². The van der Waals surface area contributed by atoms with Crippen LogP contribution in [-0.2, 0) is 4.79 Å². The molecule has 0 aliphatic carbocycles. The van der Waals surface area contributed by atoms with Crippen LogP contribution in [0.2, 0.25) is 0 Å². The van der Waals surface area contributed by atoms with Gasteiger partial charge in [-0.3, -0.25) is 4.79 Å². The van der Waals surface area contributed by atoms with Crippen LogP contribution in [0.4, 0.5) is 0 Å². The van der Waals surface area contributed by atoms with Crippen molar-refractivity contribution in [1.82, 2.24) is 0 Å². The molecule has 0 heterocycles. The van der Waals surface area contributed by atoms with Crippen LogP contribution >= 0.6 is 0 Å². The van der Waals surface area contributed by atoms with Gasteiger partial charge in [0.1, 0.15) is 6.29 Å². The smallest absolute Gasteiger partial charge is 0.142 e. The summed E-state index contributed by atoms with van der Waals surface area (Å²) in [6, 6.07) is 0.0370. The summed E-state index contributed by atoms with van der Waals surface area (Å²) in [6.07, 6.45) is 1.94. The summed E-state index contributed by atoms with van der Waals surface area (Å²) < 4.78 is 6.56. The topological polar surface area (TPSA) is 17.1 Å². The van der Waals surface area contributed by atoms with E-state index in [4.69, 9.17) is 1.37 Å². The Morgan fingerprint density at radius 3 is 2.60 bits per heavy atom. The Bertz CT molecular complexity index is 75.6. The molecular formula is C4H6O. The SMILES string of the molecule is [2H]/C(C=O)=C\C. The molecule has 1 heteroatoms. The van der Waals surface area contributed by atoms with E-state index < -0.39 is 0 Å². The highest BCUT2D eigenvalue weighted by Crippen LogP contribution is 1.55. The van der Waals surface area contributed by atoms with Crippen molar-refractivity contribution < 1.29 is 6.17 Å². The largest absolute Gasteiger partial charge is 0.299 e. The van der Waals surface area contributed by atoms with Crippen LogP contribution in [-0.4, -0.2) is 6.29 Å². The van der Waals surface area contributed by atoms with E-state index in [1.165, 1.54) is 6.08 Å². The molecule has 0 atom stereocenters. The zero-order valence-corrected chi connectivity index (χ0v) is 3.06. The normalized spacial score (nSPS) is 13.8. The molecule has 0 N–H and O–H groups in total. The van der Waals surface area contributed by atoms with E-state index in [2.05, 4.69) is 0 Å². The molecule has 5 heavy (non-hydrogen) atoms. The molecule has 28 valence electrons. The van der Waals surface area contributed by atoms with Gasteiger partial charge in [0.15, 0.2) is 0 Å². The number of carbonyl (C=O) groups excluding carboxylic acids is 1. The molecule has 0 aromatic heterocycles. The third-order valence-corrected chi connectivity index (χ3v) is 0.235. The monoisotopic (exact) mass is 71.0 g/mol. The minimum Gasteiger partial charge on any atom is -0.299 e. The van der Waals surface area contributed by atoms with Gasteiger partial charge in [0.25, 0.3) is 0 Å². The summed E-state index contributed by atoms with van der Waals surface area (Å²) in [5.41, 5.74) is 0. The predicted octanol–water partition coefficient (Wildman–Crippen LogP) is 0.761. The highest BCUT2D eigenvalue weighted by Gasteiger charge is 1.48. The third kappa shape index (κ3) is 3.41. The van der Waals surface area contributed by atoms with Gasteiger partial charge in [0, 0.05) is 0 Å². The number of rotatable bonds is 1. The Balaban J connectivity index is 3.50. The third-order valence-electron chi connectivity index (χ3n) is 0.235. The molecule has 0 saturated heterocycles. The van der Waals surface area contributed by atoms with Gasteiger partial charge in [-0.25, -0.2) is 0 Å². The lowest BCUT2D eigenvalue weighted by Gasteiger charge is -1.51. The summed E-state index contributed by atoms with van der Waals surface area (Å²) >= 11 is 0. The predicted molar refractivity (Wildman–Crippen MR) is 20.9 cm³/mol. The van der Waals surface area contributed by atoms with Gasteiger partial charge in [-0.15, -0.1) is 0 Å². The van der Waals surface area contributed by atoms with E-state index in [-0.39, 0.29) is 6.05 Å². The summed E-state index contributed by atoms with van der Waals surface area (Å²) in [5, 5.41) is 0. The quantitative estimate of drug-likeness (QED) is 0.329. The first-order chi connectivity index (χ1) is 2.81. The lowest BCUT2D eigenvalue weighted by atomic mass is 10.6. The van der Waals surface area contributed by atoms with Crippen molar-refractivity contribution in [3.63, 3.8) is 0 Å². The summed E-state index contributed by atoms with van der Waals surface area (Å²) in [5.74, 6) is 0. The van der Waals surface area contributed by atoms with Crippen molar-refractivity contribution in [3.05, 3.63) is 12.1 Å². The molecule has 1 nitrogen and oxygen atoms in total. The van der Waals surface area contributed by atoms with Gasteiger partial charge in [0.2, 0.25) is 0 Å². The molecule has 0 aliphatic rings. The highest BCUT2D eigenvalue weighted by molar-refractivity contribution is 5.64. The number of hydrogen-bond acceptors (Lipinski definition) is 1. The van der Waals surface area contributed by atoms with Crippen molar-refractivity contribution in [3.8, 4) is 0 Å². The van der Waals surface area contributed by atoms with Crippen molar-refractivity contribution in [1.29, 1.82) is 0 Å². The molecule has 0 spiro atoms. The minimum atomic E-state index is 0.0370. The van der Waals surface area contributed by atoms with E-state index in [1.807, 2.05) is 0 Å². The summed E-state index contributed by atoms with van der Waals surface area (Å²) in [4.78, 5) is 9.48. The van der Waals surface area contributed by atoms with Crippen LogP contribution in [0, 0.1) is 0 Å². The van der Waals surface area contributed by atoms with E-state index in [0.717, 1.165) is 0 Å². The summed E-state index contributed by atoms with van der Waals surface area (Å²) in [6.45, 7) is 1.65. The second kappa shape index (κ2) is 3.41. The minimum absolute atomic E-state index is 0.0370. The van der Waals surface area contributed by atoms with Crippen LogP contribution in [0.1, 0.15) is 8.29 Å². The lowest BCUT2D eigenvalue weighted by molar-refractivity contribution is -0.104. The van der Waals surface area contributed by atoms with E-state index in [9.17, 15) is 4.79 Å². The van der Waals surface area contributed by atoms with E-state index in [0.29, 0.717) is 6.29 Å². The number of aldehydes is 1. The number of allylic oxidation sites excluding steroid dienone is 2. The Kier molecular flexibility index (Phi) is 1.80. The van der Waals surface area contributed by atoms with Crippen LogP contribution in [0.5, 0.6) is 0 Å². The Morgan fingerprint density at radius 2 is 2.60 bits per heavy atom. The average molecular weight is 71.1 g/mol. The molecular weight excluding hydrogens is 64.0 g/mol. The molecule has 0 radical (unpaired) electrons.